The fourth-order valence-electron chi connectivity index (χ4n) is 7.74. The molecule has 4 heteroatoms. The molecule has 0 amide bonds. The van der Waals surface area contributed by atoms with Gasteiger partial charge in [-0.05, 0) is 76.5 Å². The fourth-order valence-corrected chi connectivity index (χ4v) is 7.74. The van der Waals surface area contributed by atoms with E-state index >= 15 is 0 Å². The number of aromatic nitrogens is 2. The molecule has 0 bridgehead atoms. The lowest BCUT2D eigenvalue weighted by Crippen LogP contribution is -1.94. The van der Waals surface area contributed by atoms with Gasteiger partial charge in [0, 0.05) is 11.1 Å². The molecule has 0 aliphatic carbocycles. The third-order valence-electron chi connectivity index (χ3n) is 9.92. The minimum Gasteiger partial charge on any atom is -0.451 e. The molecular weight excluding hydrogens is 613 g/mol. The molecule has 0 unspecified atom stereocenters. The molecule has 4 nitrogen and oxygen atoms in total. The maximum Gasteiger partial charge on any atom is 0.181 e. The number of hydrogen-bond acceptors (Lipinski definition) is 4. The summed E-state index contributed by atoms with van der Waals surface area (Å²) in [7, 11) is 0. The number of nitrogens with zero attached hydrogens (tertiary/aromatic N) is 2. The van der Waals surface area contributed by atoms with Crippen molar-refractivity contribution in [1.29, 1.82) is 0 Å². The summed E-state index contributed by atoms with van der Waals surface area (Å²) in [5.74, 6) is 0. The van der Waals surface area contributed by atoms with E-state index in [9.17, 15) is 0 Å². The van der Waals surface area contributed by atoms with Crippen LogP contribution >= 0.6 is 0 Å². The van der Waals surface area contributed by atoms with Crippen molar-refractivity contribution in [3.05, 3.63) is 171 Å². The van der Waals surface area contributed by atoms with Crippen molar-refractivity contribution in [2.24, 2.45) is 0 Å². The Kier molecular flexibility index (Phi) is 6.46. The van der Waals surface area contributed by atoms with E-state index in [0.29, 0.717) is 0 Å². The third-order valence-corrected chi connectivity index (χ3v) is 9.92. The number of rotatable bonds is 5. The molecule has 50 heavy (non-hydrogen) atoms. The van der Waals surface area contributed by atoms with Crippen LogP contribution in [0.5, 0.6) is 0 Å². The highest BCUT2D eigenvalue weighted by Gasteiger charge is 2.22. The average Bonchev–Trinajstić information content (AvgIpc) is 3.93. The van der Waals surface area contributed by atoms with E-state index in [1.807, 2.05) is 0 Å². The zero-order valence-electron chi connectivity index (χ0n) is 26.9. The average molecular weight is 641 g/mol. The van der Waals surface area contributed by atoms with Crippen LogP contribution in [-0.4, -0.2) is 9.97 Å². The standard InChI is InChI=1S/C46H28N2O2/c1-5-13-37-33(9-1)43(31-21-17-29(18-22-31)41-25-49-27-47-41)34-10-2-6-14-38(34)45(37)46-39-15-7-3-11-35(39)44(36-12-4-8-16-40(36)46)32-23-19-30(20-24-32)42-26-50-28-48-42/h1-28H. The molecule has 10 aromatic rings. The Morgan fingerprint density at radius 1 is 0.280 bits per heavy atom. The van der Waals surface area contributed by atoms with E-state index in [0.717, 1.165) is 33.6 Å². The van der Waals surface area contributed by atoms with Gasteiger partial charge in [0.1, 0.15) is 23.9 Å². The summed E-state index contributed by atoms with van der Waals surface area (Å²) in [5, 5.41) is 9.77. The van der Waals surface area contributed by atoms with E-state index in [2.05, 4.69) is 156 Å². The van der Waals surface area contributed by atoms with Crippen LogP contribution in [0.1, 0.15) is 0 Å². The molecule has 2 aromatic heterocycles. The number of oxazole rings is 2. The zero-order chi connectivity index (χ0) is 33.0. The summed E-state index contributed by atoms with van der Waals surface area (Å²) in [6.45, 7) is 0. The van der Waals surface area contributed by atoms with Crippen molar-refractivity contribution >= 4 is 43.1 Å². The Labute approximate surface area is 287 Å². The molecule has 0 aliphatic heterocycles. The van der Waals surface area contributed by atoms with E-state index in [4.69, 9.17) is 8.83 Å². The minimum absolute atomic E-state index is 0.828. The van der Waals surface area contributed by atoms with Gasteiger partial charge < -0.3 is 8.83 Å². The van der Waals surface area contributed by atoms with Crippen LogP contribution in [0.2, 0.25) is 0 Å². The summed E-state index contributed by atoms with van der Waals surface area (Å²) in [4.78, 5) is 8.70. The van der Waals surface area contributed by atoms with Gasteiger partial charge >= 0.3 is 0 Å². The largest absolute Gasteiger partial charge is 0.451 e. The molecule has 0 aliphatic rings. The van der Waals surface area contributed by atoms with Gasteiger partial charge in [-0.3, -0.25) is 0 Å². The Hall–Kier alpha value is -6.78. The topological polar surface area (TPSA) is 52.1 Å². The lowest BCUT2D eigenvalue weighted by molar-refractivity contribution is 0.558. The highest BCUT2D eigenvalue weighted by molar-refractivity contribution is 6.29. The minimum atomic E-state index is 0.828. The Balaban J connectivity index is 1.27. The van der Waals surface area contributed by atoms with Crippen molar-refractivity contribution in [1.82, 2.24) is 9.97 Å². The molecule has 0 fully saturated rings. The van der Waals surface area contributed by atoms with Crippen molar-refractivity contribution in [3.63, 3.8) is 0 Å². The molecule has 2 heterocycles. The van der Waals surface area contributed by atoms with Crippen molar-refractivity contribution in [2.45, 2.75) is 0 Å². The quantitative estimate of drug-likeness (QED) is 0.176. The Morgan fingerprint density at radius 2 is 0.540 bits per heavy atom. The predicted octanol–water partition coefficient (Wildman–Crippen LogP) is 12.6. The molecule has 0 saturated carbocycles. The monoisotopic (exact) mass is 640 g/mol. The lowest BCUT2D eigenvalue weighted by Gasteiger charge is -2.22. The van der Waals surface area contributed by atoms with Crippen LogP contribution in [0.25, 0.3) is 99.0 Å². The SMILES string of the molecule is c1ccc2c(-c3c4ccccc4c(-c4ccc(-c5cocn5)cc4)c4ccccc34)c3ccccc3c(-c3ccc(-c4cocn4)cc3)c2c1. The molecule has 8 aromatic carbocycles. The van der Waals surface area contributed by atoms with Gasteiger partial charge in [0.05, 0.1) is 0 Å². The Bertz CT molecular complexity index is 2520. The highest BCUT2D eigenvalue weighted by atomic mass is 16.3. The van der Waals surface area contributed by atoms with E-state index < -0.39 is 0 Å². The second-order valence-electron chi connectivity index (χ2n) is 12.6. The second-order valence-corrected chi connectivity index (χ2v) is 12.6. The third kappa shape index (κ3) is 4.39. The number of hydrogen-bond donors (Lipinski definition) is 0. The molecule has 0 spiro atoms. The van der Waals surface area contributed by atoms with Crippen LogP contribution in [0.3, 0.4) is 0 Å². The molecule has 0 saturated heterocycles. The molecular formula is C46H28N2O2. The number of fused-ring (bicyclic) bond motifs is 4. The van der Waals surface area contributed by atoms with Gasteiger partial charge in [-0.1, -0.05) is 146 Å². The zero-order valence-corrected chi connectivity index (χ0v) is 26.9. The van der Waals surface area contributed by atoms with Crippen LogP contribution < -0.4 is 0 Å². The highest BCUT2D eigenvalue weighted by Crippen LogP contribution is 2.50. The van der Waals surface area contributed by atoms with Gasteiger partial charge in [0.2, 0.25) is 0 Å². The summed E-state index contributed by atoms with van der Waals surface area (Å²) in [6, 6.07) is 52.7. The lowest BCUT2D eigenvalue weighted by atomic mass is 9.81. The molecule has 0 N–H and O–H groups in total. The summed E-state index contributed by atoms with van der Waals surface area (Å²) >= 11 is 0. The Morgan fingerprint density at radius 3 is 0.800 bits per heavy atom. The van der Waals surface area contributed by atoms with Crippen molar-refractivity contribution in [3.8, 4) is 55.9 Å². The molecule has 0 atom stereocenters. The normalized spacial score (nSPS) is 11.6. The van der Waals surface area contributed by atoms with Crippen LogP contribution in [0.4, 0.5) is 0 Å². The van der Waals surface area contributed by atoms with Gasteiger partial charge in [0.15, 0.2) is 12.8 Å². The first-order valence-corrected chi connectivity index (χ1v) is 16.7. The predicted molar refractivity (Wildman–Crippen MR) is 204 cm³/mol. The summed E-state index contributed by atoms with van der Waals surface area (Å²) in [6.07, 6.45) is 6.31. The molecule has 234 valence electrons. The first-order valence-electron chi connectivity index (χ1n) is 16.7. The summed E-state index contributed by atoms with van der Waals surface area (Å²) < 4.78 is 10.5. The van der Waals surface area contributed by atoms with E-state index in [1.165, 1.54) is 78.1 Å². The first kappa shape index (κ1) is 28.3. The van der Waals surface area contributed by atoms with E-state index in [1.54, 1.807) is 12.5 Å². The molecule has 10 rings (SSSR count). The van der Waals surface area contributed by atoms with E-state index in [-0.39, 0.29) is 0 Å². The summed E-state index contributed by atoms with van der Waals surface area (Å²) in [5.41, 5.74) is 11.0. The van der Waals surface area contributed by atoms with Gasteiger partial charge in [-0.2, -0.15) is 0 Å². The van der Waals surface area contributed by atoms with Gasteiger partial charge in [-0.25, -0.2) is 9.97 Å². The van der Waals surface area contributed by atoms with Crippen molar-refractivity contribution in [2.75, 3.05) is 0 Å². The second kappa shape index (κ2) is 11.4. The van der Waals surface area contributed by atoms with Crippen LogP contribution in [-0.2, 0) is 0 Å². The van der Waals surface area contributed by atoms with Gasteiger partial charge in [-0.15, -0.1) is 0 Å². The maximum atomic E-state index is 5.25. The van der Waals surface area contributed by atoms with Crippen LogP contribution in [0.15, 0.2) is 180 Å². The van der Waals surface area contributed by atoms with Crippen LogP contribution in [0, 0.1) is 0 Å². The fraction of sp³-hybridized carbons (Fsp3) is 0. The van der Waals surface area contributed by atoms with Gasteiger partial charge in [0.25, 0.3) is 0 Å². The van der Waals surface area contributed by atoms with Crippen molar-refractivity contribution < 1.29 is 8.83 Å². The first-order chi connectivity index (χ1) is 24.8. The smallest absolute Gasteiger partial charge is 0.181 e. The maximum absolute atomic E-state index is 5.25. The molecule has 0 radical (unpaired) electrons. The number of benzene rings is 8.